The molecule has 6 nitrogen and oxygen atoms in total. The molecule has 1 aliphatic rings. The second kappa shape index (κ2) is 8.87. The molecule has 6 heteroatoms. The van der Waals surface area contributed by atoms with Crippen molar-refractivity contribution in [2.24, 2.45) is 0 Å². The third-order valence-corrected chi connectivity index (χ3v) is 4.96. The molecule has 1 unspecified atom stereocenters. The Hall–Kier alpha value is -2.89. The van der Waals surface area contributed by atoms with Gasteiger partial charge in [-0.15, -0.1) is 0 Å². The molecular weight excluding hydrogens is 354 g/mol. The number of benzene rings is 1. The number of amides is 2. The van der Waals surface area contributed by atoms with E-state index in [0.29, 0.717) is 37.8 Å². The highest BCUT2D eigenvalue weighted by atomic mass is 16.5. The number of nitrogens with zero attached hydrogens (tertiary/aromatic N) is 3. The first-order valence-corrected chi connectivity index (χ1v) is 9.72. The van der Waals surface area contributed by atoms with Crippen LogP contribution in [0, 0.1) is 0 Å². The van der Waals surface area contributed by atoms with Gasteiger partial charge in [0.1, 0.15) is 11.4 Å². The standard InChI is InChI=1S/C22H27N3O3/c1-16(2)18-8-4-5-10-20(18)28-17(3)21(26)24-12-14-25(15-13-24)22(27)19-9-6-7-11-23-19/h4-11,16-17H,12-15H2,1-3H3. The second-order valence-electron chi connectivity index (χ2n) is 7.29. The van der Waals surface area contributed by atoms with Gasteiger partial charge in [0.15, 0.2) is 6.10 Å². The van der Waals surface area contributed by atoms with Crippen LogP contribution in [-0.4, -0.2) is 58.9 Å². The van der Waals surface area contributed by atoms with Gasteiger partial charge in [-0.25, -0.2) is 0 Å². The molecule has 3 rings (SSSR count). The fourth-order valence-corrected chi connectivity index (χ4v) is 3.34. The Morgan fingerprint density at radius 2 is 1.57 bits per heavy atom. The van der Waals surface area contributed by atoms with Crippen molar-refractivity contribution in [3.63, 3.8) is 0 Å². The monoisotopic (exact) mass is 381 g/mol. The van der Waals surface area contributed by atoms with Crippen molar-refractivity contribution in [1.82, 2.24) is 14.8 Å². The molecule has 0 radical (unpaired) electrons. The average molecular weight is 381 g/mol. The van der Waals surface area contributed by atoms with E-state index >= 15 is 0 Å². The van der Waals surface area contributed by atoms with E-state index < -0.39 is 6.10 Å². The highest BCUT2D eigenvalue weighted by molar-refractivity contribution is 5.92. The van der Waals surface area contributed by atoms with Gasteiger partial charge in [-0.2, -0.15) is 0 Å². The molecule has 1 atom stereocenters. The Morgan fingerprint density at radius 3 is 2.21 bits per heavy atom. The van der Waals surface area contributed by atoms with Gasteiger partial charge in [-0.05, 0) is 36.6 Å². The van der Waals surface area contributed by atoms with Crippen LogP contribution in [-0.2, 0) is 4.79 Å². The van der Waals surface area contributed by atoms with Crippen LogP contribution in [0.1, 0.15) is 42.7 Å². The van der Waals surface area contributed by atoms with E-state index in [1.165, 1.54) is 0 Å². The van der Waals surface area contributed by atoms with E-state index in [-0.39, 0.29) is 11.8 Å². The van der Waals surface area contributed by atoms with Crippen LogP contribution in [0.4, 0.5) is 0 Å². The summed E-state index contributed by atoms with van der Waals surface area (Å²) in [6.45, 7) is 7.98. The van der Waals surface area contributed by atoms with Crippen LogP contribution >= 0.6 is 0 Å². The van der Waals surface area contributed by atoms with Gasteiger partial charge in [-0.3, -0.25) is 14.6 Å². The van der Waals surface area contributed by atoms with Crippen LogP contribution in [0.3, 0.4) is 0 Å². The minimum atomic E-state index is -0.571. The normalized spacial score (nSPS) is 15.4. The Morgan fingerprint density at radius 1 is 0.929 bits per heavy atom. The molecule has 1 aromatic carbocycles. The molecule has 2 aromatic rings. The largest absolute Gasteiger partial charge is 0.481 e. The highest BCUT2D eigenvalue weighted by Crippen LogP contribution is 2.27. The summed E-state index contributed by atoms with van der Waals surface area (Å²) in [5, 5.41) is 0. The number of rotatable bonds is 5. The molecule has 1 aliphatic heterocycles. The molecule has 2 heterocycles. The van der Waals surface area contributed by atoms with Crippen LogP contribution in [0.2, 0.25) is 0 Å². The number of hydrogen-bond acceptors (Lipinski definition) is 4. The zero-order valence-electron chi connectivity index (χ0n) is 16.7. The molecule has 2 amide bonds. The summed E-state index contributed by atoms with van der Waals surface area (Å²) in [4.78, 5) is 32.9. The van der Waals surface area contributed by atoms with Gasteiger partial charge >= 0.3 is 0 Å². The molecule has 0 saturated carbocycles. The van der Waals surface area contributed by atoms with E-state index in [4.69, 9.17) is 4.74 Å². The molecule has 0 N–H and O–H groups in total. The molecule has 1 saturated heterocycles. The van der Waals surface area contributed by atoms with Crippen LogP contribution < -0.4 is 4.74 Å². The first kappa shape index (κ1) is 19.9. The third-order valence-electron chi connectivity index (χ3n) is 4.96. The molecule has 0 aliphatic carbocycles. The van der Waals surface area contributed by atoms with Crippen molar-refractivity contribution in [2.45, 2.75) is 32.8 Å². The molecule has 0 bridgehead atoms. The van der Waals surface area contributed by atoms with Crippen molar-refractivity contribution >= 4 is 11.8 Å². The number of pyridine rings is 1. The molecule has 28 heavy (non-hydrogen) atoms. The van der Waals surface area contributed by atoms with E-state index in [2.05, 4.69) is 18.8 Å². The number of hydrogen-bond donors (Lipinski definition) is 0. The van der Waals surface area contributed by atoms with E-state index in [9.17, 15) is 9.59 Å². The second-order valence-corrected chi connectivity index (χ2v) is 7.29. The Balaban J connectivity index is 1.57. The fourth-order valence-electron chi connectivity index (χ4n) is 3.34. The maximum absolute atomic E-state index is 12.8. The number of aromatic nitrogens is 1. The van der Waals surface area contributed by atoms with Crippen molar-refractivity contribution in [2.75, 3.05) is 26.2 Å². The number of para-hydroxylation sites is 1. The quantitative estimate of drug-likeness (QED) is 0.799. The summed E-state index contributed by atoms with van der Waals surface area (Å²) >= 11 is 0. The molecule has 148 valence electrons. The smallest absolute Gasteiger partial charge is 0.272 e. The summed E-state index contributed by atoms with van der Waals surface area (Å²) in [5.41, 5.74) is 1.53. The van der Waals surface area contributed by atoms with Crippen molar-refractivity contribution in [3.05, 3.63) is 59.9 Å². The lowest BCUT2D eigenvalue weighted by Gasteiger charge is -2.35. The van der Waals surface area contributed by atoms with E-state index in [1.54, 1.807) is 41.1 Å². The minimum Gasteiger partial charge on any atom is -0.481 e. The number of piperazine rings is 1. The van der Waals surface area contributed by atoms with Gasteiger partial charge in [0.05, 0.1) is 0 Å². The number of carbonyl (C=O) groups is 2. The van der Waals surface area contributed by atoms with Gasteiger partial charge in [-0.1, -0.05) is 38.1 Å². The molecule has 0 spiro atoms. The first-order valence-electron chi connectivity index (χ1n) is 9.72. The number of carbonyl (C=O) groups excluding carboxylic acids is 2. The first-order chi connectivity index (χ1) is 13.5. The van der Waals surface area contributed by atoms with Gasteiger partial charge in [0, 0.05) is 32.4 Å². The molecule has 1 fully saturated rings. The van der Waals surface area contributed by atoms with E-state index in [1.807, 2.05) is 24.3 Å². The lowest BCUT2D eigenvalue weighted by molar-refractivity contribution is -0.139. The average Bonchev–Trinajstić information content (AvgIpc) is 2.73. The van der Waals surface area contributed by atoms with Crippen LogP contribution in [0.5, 0.6) is 5.75 Å². The van der Waals surface area contributed by atoms with Crippen molar-refractivity contribution in [1.29, 1.82) is 0 Å². The predicted octanol–water partition coefficient (Wildman–Crippen LogP) is 2.96. The number of ether oxygens (including phenoxy) is 1. The zero-order chi connectivity index (χ0) is 20.1. The van der Waals surface area contributed by atoms with Gasteiger partial charge in [0.2, 0.25) is 0 Å². The molecule has 1 aromatic heterocycles. The lowest BCUT2D eigenvalue weighted by atomic mass is 10.0. The van der Waals surface area contributed by atoms with E-state index in [0.717, 1.165) is 11.3 Å². The fraction of sp³-hybridized carbons (Fsp3) is 0.409. The highest BCUT2D eigenvalue weighted by Gasteiger charge is 2.29. The lowest BCUT2D eigenvalue weighted by Crippen LogP contribution is -2.53. The van der Waals surface area contributed by atoms with Crippen LogP contribution in [0.15, 0.2) is 48.7 Å². The molecular formula is C22H27N3O3. The summed E-state index contributed by atoms with van der Waals surface area (Å²) in [5.74, 6) is 0.924. The van der Waals surface area contributed by atoms with Crippen LogP contribution in [0.25, 0.3) is 0 Å². The van der Waals surface area contributed by atoms with Gasteiger partial charge in [0.25, 0.3) is 11.8 Å². The Kier molecular flexibility index (Phi) is 6.29. The van der Waals surface area contributed by atoms with Gasteiger partial charge < -0.3 is 14.5 Å². The summed E-state index contributed by atoms with van der Waals surface area (Å²) < 4.78 is 5.98. The zero-order valence-corrected chi connectivity index (χ0v) is 16.7. The van der Waals surface area contributed by atoms with Crippen molar-refractivity contribution in [3.8, 4) is 5.75 Å². The summed E-state index contributed by atoms with van der Waals surface area (Å²) in [6, 6.07) is 13.1. The maximum atomic E-state index is 12.8. The summed E-state index contributed by atoms with van der Waals surface area (Å²) in [7, 11) is 0. The Bertz CT molecular complexity index is 815. The third kappa shape index (κ3) is 4.50. The minimum absolute atomic E-state index is 0.0523. The van der Waals surface area contributed by atoms with Crippen molar-refractivity contribution < 1.29 is 14.3 Å². The predicted molar refractivity (Wildman–Crippen MR) is 107 cm³/mol. The summed E-state index contributed by atoms with van der Waals surface area (Å²) in [6.07, 6.45) is 1.04. The SMILES string of the molecule is CC(Oc1ccccc1C(C)C)C(=O)N1CCN(C(=O)c2ccccn2)CC1. The maximum Gasteiger partial charge on any atom is 0.272 e. The Labute approximate surface area is 166 Å². The topological polar surface area (TPSA) is 62.7 Å².